The Morgan fingerprint density at radius 1 is 0.906 bits per heavy atom. The number of hydrogen-bond acceptors (Lipinski definition) is 4. The molecule has 0 aromatic heterocycles. The summed E-state index contributed by atoms with van der Waals surface area (Å²) in [7, 11) is -2.21. The summed E-state index contributed by atoms with van der Waals surface area (Å²) in [6, 6.07) is 17.3. The number of halogens is 2. The van der Waals surface area contributed by atoms with E-state index in [1.54, 1.807) is 24.3 Å². The third-order valence-corrected chi connectivity index (χ3v) is 7.04. The summed E-state index contributed by atoms with van der Waals surface area (Å²) in [5.74, 6) is 0.924. The van der Waals surface area contributed by atoms with Gasteiger partial charge in [0.25, 0.3) is 0 Å². The number of rotatable bonds is 5. The summed E-state index contributed by atoms with van der Waals surface area (Å²) in [5, 5.41) is 1.13. The molecule has 1 heterocycles. The van der Waals surface area contributed by atoms with Crippen molar-refractivity contribution in [2.45, 2.75) is 17.7 Å². The SMILES string of the molecule is CNS(=O)(=O)c1cccc(Oc2ccc(Cl)c(C3=CCCC=Nc4c(Cl)cccc43)c2)c1. The minimum atomic E-state index is -3.58. The van der Waals surface area contributed by atoms with Crippen molar-refractivity contribution in [3.05, 3.63) is 87.9 Å². The highest BCUT2D eigenvalue weighted by molar-refractivity contribution is 7.89. The van der Waals surface area contributed by atoms with E-state index in [-0.39, 0.29) is 4.90 Å². The molecule has 0 unspecified atom stereocenters. The van der Waals surface area contributed by atoms with E-state index in [0.29, 0.717) is 27.2 Å². The van der Waals surface area contributed by atoms with E-state index >= 15 is 0 Å². The van der Waals surface area contributed by atoms with E-state index < -0.39 is 10.0 Å². The summed E-state index contributed by atoms with van der Waals surface area (Å²) in [4.78, 5) is 4.67. The lowest BCUT2D eigenvalue weighted by molar-refractivity contribution is 0.480. The molecule has 5 nitrogen and oxygen atoms in total. The monoisotopic (exact) mass is 486 g/mol. The van der Waals surface area contributed by atoms with Crippen LogP contribution in [0.4, 0.5) is 5.69 Å². The van der Waals surface area contributed by atoms with Gasteiger partial charge < -0.3 is 4.74 Å². The van der Waals surface area contributed by atoms with Crippen LogP contribution in [-0.2, 0) is 10.0 Å². The molecule has 1 aliphatic heterocycles. The largest absolute Gasteiger partial charge is 0.457 e. The Kier molecular flexibility index (Phi) is 6.67. The van der Waals surface area contributed by atoms with Crippen LogP contribution in [0.2, 0.25) is 10.0 Å². The maximum absolute atomic E-state index is 12.1. The zero-order chi connectivity index (χ0) is 22.7. The van der Waals surface area contributed by atoms with Crippen molar-refractivity contribution < 1.29 is 13.2 Å². The number of nitrogens with zero attached hydrogens (tertiary/aromatic N) is 1. The maximum atomic E-state index is 12.1. The predicted molar refractivity (Wildman–Crippen MR) is 130 cm³/mol. The van der Waals surface area contributed by atoms with Crippen LogP contribution < -0.4 is 9.46 Å². The van der Waals surface area contributed by atoms with Crippen LogP contribution >= 0.6 is 23.2 Å². The number of nitrogens with one attached hydrogen (secondary N) is 1. The lowest BCUT2D eigenvalue weighted by atomic mass is 9.94. The van der Waals surface area contributed by atoms with Gasteiger partial charge in [-0.15, -0.1) is 0 Å². The van der Waals surface area contributed by atoms with Crippen molar-refractivity contribution in [2.75, 3.05) is 7.05 Å². The third kappa shape index (κ3) is 4.74. The lowest BCUT2D eigenvalue weighted by Crippen LogP contribution is -2.18. The van der Waals surface area contributed by atoms with E-state index in [9.17, 15) is 8.42 Å². The fourth-order valence-electron chi connectivity index (χ4n) is 3.42. The average molecular weight is 487 g/mol. The molecule has 4 rings (SSSR count). The predicted octanol–water partition coefficient (Wildman–Crippen LogP) is 6.62. The number of para-hydroxylation sites is 1. The van der Waals surface area contributed by atoms with E-state index in [1.165, 1.54) is 19.2 Å². The second-order valence-corrected chi connectivity index (χ2v) is 9.77. The second kappa shape index (κ2) is 9.46. The molecule has 0 radical (unpaired) electrons. The minimum Gasteiger partial charge on any atom is -0.457 e. The van der Waals surface area contributed by atoms with Gasteiger partial charge in [-0.05, 0) is 61.9 Å². The molecule has 0 saturated carbocycles. The van der Waals surface area contributed by atoms with Gasteiger partial charge in [0.05, 0.1) is 15.6 Å². The first kappa shape index (κ1) is 22.6. The summed E-state index contributed by atoms with van der Waals surface area (Å²) in [6.45, 7) is 0. The molecule has 0 saturated heterocycles. The summed E-state index contributed by atoms with van der Waals surface area (Å²) in [5.41, 5.74) is 3.28. The summed E-state index contributed by atoms with van der Waals surface area (Å²) in [6.07, 6.45) is 5.57. The zero-order valence-electron chi connectivity index (χ0n) is 17.2. The van der Waals surface area contributed by atoms with Gasteiger partial charge in [0.1, 0.15) is 11.5 Å². The Balaban J connectivity index is 1.74. The molecule has 8 heteroatoms. The van der Waals surface area contributed by atoms with Crippen LogP contribution in [-0.4, -0.2) is 21.7 Å². The van der Waals surface area contributed by atoms with Crippen LogP contribution in [0.3, 0.4) is 0 Å². The fourth-order valence-corrected chi connectivity index (χ4v) is 4.63. The van der Waals surface area contributed by atoms with Crippen LogP contribution in [0.15, 0.2) is 76.6 Å². The normalized spacial score (nSPS) is 13.7. The topological polar surface area (TPSA) is 67.8 Å². The number of allylic oxidation sites excluding steroid dienone is 1. The van der Waals surface area contributed by atoms with Crippen molar-refractivity contribution in [3.63, 3.8) is 0 Å². The molecule has 0 amide bonds. The van der Waals surface area contributed by atoms with Gasteiger partial charge in [-0.25, -0.2) is 13.1 Å². The smallest absolute Gasteiger partial charge is 0.240 e. The van der Waals surface area contributed by atoms with Crippen molar-refractivity contribution in [3.8, 4) is 11.5 Å². The Labute approximate surface area is 197 Å². The first-order valence-corrected chi connectivity index (χ1v) is 12.2. The van der Waals surface area contributed by atoms with Gasteiger partial charge in [-0.2, -0.15) is 0 Å². The number of ether oxygens (including phenoxy) is 1. The van der Waals surface area contributed by atoms with Gasteiger partial charge in [0.2, 0.25) is 10.0 Å². The Hall–Kier alpha value is -2.64. The first-order valence-electron chi connectivity index (χ1n) is 9.92. The highest BCUT2D eigenvalue weighted by Crippen LogP contribution is 2.41. The van der Waals surface area contributed by atoms with Gasteiger partial charge in [0, 0.05) is 28.4 Å². The van der Waals surface area contributed by atoms with Crippen LogP contribution in [0.5, 0.6) is 11.5 Å². The maximum Gasteiger partial charge on any atom is 0.240 e. The Morgan fingerprint density at radius 2 is 1.69 bits per heavy atom. The summed E-state index contributed by atoms with van der Waals surface area (Å²) >= 11 is 13.0. The van der Waals surface area contributed by atoms with Gasteiger partial charge in [0.15, 0.2) is 0 Å². The van der Waals surface area contributed by atoms with Crippen molar-refractivity contribution in [2.24, 2.45) is 4.99 Å². The lowest BCUT2D eigenvalue weighted by Gasteiger charge is -2.17. The molecule has 0 fully saturated rings. The molecule has 3 aromatic carbocycles. The van der Waals surface area contributed by atoms with Crippen molar-refractivity contribution in [1.29, 1.82) is 0 Å². The Bertz CT molecular complexity index is 1330. The molecular formula is C24H20Cl2N2O3S. The minimum absolute atomic E-state index is 0.121. The highest BCUT2D eigenvalue weighted by atomic mass is 35.5. The Morgan fingerprint density at radius 3 is 2.50 bits per heavy atom. The highest BCUT2D eigenvalue weighted by Gasteiger charge is 2.17. The molecular weight excluding hydrogens is 467 g/mol. The number of fused-ring (bicyclic) bond motifs is 1. The average Bonchev–Trinajstić information content (AvgIpc) is 2.77. The molecule has 0 bridgehead atoms. The van der Waals surface area contributed by atoms with Crippen molar-refractivity contribution >= 4 is 50.7 Å². The quantitative estimate of drug-likeness (QED) is 0.440. The van der Waals surface area contributed by atoms with Crippen LogP contribution in [0.25, 0.3) is 5.57 Å². The van der Waals surface area contributed by atoms with Crippen molar-refractivity contribution in [1.82, 2.24) is 4.72 Å². The molecule has 3 aromatic rings. The molecule has 1 aliphatic rings. The number of aliphatic imine (C=N–C) groups is 1. The molecule has 1 N–H and O–H groups in total. The molecule has 32 heavy (non-hydrogen) atoms. The fraction of sp³-hybridized carbons (Fsp3) is 0.125. The number of sulfonamides is 1. The van der Waals surface area contributed by atoms with E-state index in [4.69, 9.17) is 27.9 Å². The van der Waals surface area contributed by atoms with E-state index in [2.05, 4.69) is 15.8 Å². The molecule has 164 valence electrons. The second-order valence-electron chi connectivity index (χ2n) is 7.07. The van der Waals surface area contributed by atoms with Gasteiger partial charge in [-0.1, -0.05) is 47.5 Å². The standard InChI is InChI=1S/C24H20Cl2N2O3S/c1-27-32(29,30)18-7-4-6-16(14-18)31-17-11-12-22(25)21(15-17)19-8-2-3-13-28-24-20(19)9-5-10-23(24)26/h4-15,27H,2-3H2,1H3. The molecule has 0 spiro atoms. The number of benzene rings is 3. The molecule has 0 aliphatic carbocycles. The van der Waals surface area contributed by atoms with E-state index in [1.807, 2.05) is 30.5 Å². The zero-order valence-corrected chi connectivity index (χ0v) is 19.5. The first-order chi connectivity index (χ1) is 15.4. The van der Waals surface area contributed by atoms with Gasteiger partial charge >= 0.3 is 0 Å². The van der Waals surface area contributed by atoms with Crippen LogP contribution in [0, 0.1) is 0 Å². The van der Waals surface area contributed by atoms with Crippen LogP contribution in [0.1, 0.15) is 24.0 Å². The van der Waals surface area contributed by atoms with Gasteiger partial charge in [-0.3, -0.25) is 4.99 Å². The number of hydrogen-bond donors (Lipinski definition) is 1. The van der Waals surface area contributed by atoms with E-state index in [0.717, 1.165) is 29.5 Å². The molecule has 0 atom stereocenters. The summed E-state index contributed by atoms with van der Waals surface area (Å²) < 4.78 is 32.5. The third-order valence-electron chi connectivity index (χ3n) is 4.99.